The van der Waals surface area contributed by atoms with Crippen molar-refractivity contribution in [1.29, 1.82) is 0 Å². The first kappa shape index (κ1) is 18.5. The minimum atomic E-state index is -0.0540. The molecular formula is C18H22ClN2O2S+. The molecule has 0 aliphatic carbocycles. The molecule has 0 bridgehead atoms. The lowest BCUT2D eigenvalue weighted by molar-refractivity contribution is -0.899. The number of rotatable bonds is 9. The largest absolute Gasteiger partial charge is 0.492 e. The van der Waals surface area contributed by atoms with E-state index in [1.54, 1.807) is 11.3 Å². The molecule has 1 heterocycles. The molecule has 1 aromatic carbocycles. The van der Waals surface area contributed by atoms with Gasteiger partial charge in [-0.3, -0.25) is 4.79 Å². The molecule has 24 heavy (non-hydrogen) atoms. The molecule has 4 nitrogen and oxygen atoms in total. The highest BCUT2D eigenvalue weighted by Crippen LogP contribution is 2.23. The highest BCUT2D eigenvalue weighted by atomic mass is 35.5. The van der Waals surface area contributed by atoms with Gasteiger partial charge in [0, 0.05) is 0 Å². The standard InChI is InChI=1S/C18H21ClN2O2S/c1-3-11-21(12-14-9-10-17(19)24-14)13-18(22)20-15-7-5-6-8-16(15)23-4-2/h3,5-10H,1,4,11-13H2,2H3,(H,20,22)/p+1. The van der Waals surface area contributed by atoms with Crippen molar-refractivity contribution in [2.75, 3.05) is 25.0 Å². The lowest BCUT2D eigenvalue weighted by Gasteiger charge is -2.17. The van der Waals surface area contributed by atoms with Gasteiger partial charge in [0.25, 0.3) is 5.91 Å². The quantitative estimate of drug-likeness (QED) is 0.671. The SMILES string of the molecule is C=CC[NH+](CC(=O)Nc1ccccc1OCC)Cc1ccc(Cl)s1. The summed E-state index contributed by atoms with van der Waals surface area (Å²) in [6.45, 7) is 8.05. The lowest BCUT2D eigenvalue weighted by atomic mass is 10.3. The van der Waals surface area contributed by atoms with Crippen LogP contribution in [0.3, 0.4) is 0 Å². The van der Waals surface area contributed by atoms with E-state index >= 15 is 0 Å². The number of amides is 1. The Morgan fingerprint density at radius 2 is 2.17 bits per heavy atom. The number of thiophene rings is 1. The number of anilines is 1. The summed E-state index contributed by atoms with van der Waals surface area (Å²) in [5.74, 6) is 0.630. The van der Waals surface area contributed by atoms with Crippen molar-refractivity contribution in [3.05, 3.63) is 58.3 Å². The topological polar surface area (TPSA) is 42.8 Å². The normalized spacial score (nSPS) is 11.8. The molecule has 1 unspecified atom stereocenters. The van der Waals surface area contributed by atoms with E-state index in [1.807, 2.05) is 49.4 Å². The molecule has 0 aliphatic heterocycles. The Morgan fingerprint density at radius 1 is 1.38 bits per heavy atom. The Kier molecular flexibility index (Phi) is 7.31. The Morgan fingerprint density at radius 3 is 2.83 bits per heavy atom. The summed E-state index contributed by atoms with van der Waals surface area (Å²) in [5, 5.41) is 2.93. The molecule has 1 aromatic heterocycles. The number of nitrogens with one attached hydrogen (secondary N) is 2. The van der Waals surface area contributed by atoms with Gasteiger partial charge in [-0.25, -0.2) is 0 Å². The third-order valence-corrected chi connectivity index (χ3v) is 4.59. The summed E-state index contributed by atoms with van der Waals surface area (Å²) < 4.78 is 6.30. The van der Waals surface area contributed by atoms with E-state index in [2.05, 4.69) is 11.9 Å². The van der Waals surface area contributed by atoms with E-state index < -0.39 is 0 Å². The number of carbonyl (C=O) groups excluding carboxylic acids is 1. The monoisotopic (exact) mass is 365 g/mol. The first-order chi connectivity index (χ1) is 11.6. The second-order valence-corrected chi connectivity index (χ2v) is 7.08. The molecule has 2 N–H and O–H groups in total. The molecule has 0 aliphatic rings. The molecule has 2 rings (SSSR count). The van der Waals surface area contributed by atoms with Crippen LogP contribution in [0, 0.1) is 0 Å². The minimum absolute atomic E-state index is 0.0540. The molecule has 128 valence electrons. The van der Waals surface area contributed by atoms with Crippen molar-refractivity contribution in [2.24, 2.45) is 0 Å². The van der Waals surface area contributed by atoms with Gasteiger partial charge in [0.05, 0.1) is 28.1 Å². The van der Waals surface area contributed by atoms with E-state index in [0.717, 1.165) is 20.7 Å². The number of para-hydroxylation sites is 2. The van der Waals surface area contributed by atoms with E-state index in [9.17, 15) is 4.79 Å². The van der Waals surface area contributed by atoms with E-state index in [0.29, 0.717) is 31.1 Å². The average Bonchev–Trinajstić information content (AvgIpc) is 2.94. The number of benzene rings is 1. The fraction of sp³-hybridized carbons (Fsp3) is 0.278. The molecule has 1 amide bonds. The van der Waals surface area contributed by atoms with Crippen LogP contribution in [0.4, 0.5) is 5.69 Å². The zero-order chi connectivity index (χ0) is 17.4. The van der Waals surface area contributed by atoms with Crippen molar-refractivity contribution in [3.8, 4) is 5.75 Å². The molecule has 0 radical (unpaired) electrons. The molecule has 0 spiro atoms. The van der Waals surface area contributed by atoms with Gasteiger partial charge in [0.15, 0.2) is 6.54 Å². The minimum Gasteiger partial charge on any atom is -0.492 e. The zero-order valence-corrected chi connectivity index (χ0v) is 15.3. The first-order valence-corrected chi connectivity index (χ1v) is 9.02. The van der Waals surface area contributed by atoms with Gasteiger partial charge < -0.3 is 15.0 Å². The number of hydrogen-bond acceptors (Lipinski definition) is 3. The highest BCUT2D eigenvalue weighted by molar-refractivity contribution is 7.16. The van der Waals surface area contributed by atoms with Crippen LogP contribution in [0.2, 0.25) is 4.34 Å². The Balaban J connectivity index is 1.98. The summed E-state index contributed by atoms with van der Waals surface area (Å²) in [4.78, 5) is 14.7. The van der Waals surface area contributed by atoms with Crippen LogP contribution in [-0.2, 0) is 11.3 Å². The van der Waals surface area contributed by atoms with Crippen molar-refractivity contribution in [1.82, 2.24) is 0 Å². The van der Waals surface area contributed by atoms with Crippen molar-refractivity contribution in [2.45, 2.75) is 13.5 Å². The molecule has 1 atom stereocenters. The summed E-state index contributed by atoms with van der Waals surface area (Å²) in [6.07, 6.45) is 1.83. The average molecular weight is 366 g/mol. The molecule has 0 saturated carbocycles. The summed E-state index contributed by atoms with van der Waals surface area (Å²) in [6, 6.07) is 11.3. The Labute approximate surface area is 151 Å². The van der Waals surface area contributed by atoms with Crippen molar-refractivity contribution >= 4 is 34.5 Å². The summed E-state index contributed by atoms with van der Waals surface area (Å²) in [7, 11) is 0. The predicted octanol–water partition coefficient (Wildman–Crippen LogP) is 3.01. The number of halogens is 1. The summed E-state index contributed by atoms with van der Waals surface area (Å²) >= 11 is 7.52. The van der Waals surface area contributed by atoms with E-state index in [4.69, 9.17) is 16.3 Å². The van der Waals surface area contributed by atoms with Crippen LogP contribution < -0.4 is 15.0 Å². The van der Waals surface area contributed by atoms with Gasteiger partial charge in [0.2, 0.25) is 0 Å². The van der Waals surface area contributed by atoms with Crippen LogP contribution in [0.1, 0.15) is 11.8 Å². The molecule has 0 fully saturated rings. The first-order valence-electron chi connectivity index (χ1n) is 7.82. The van der Waals surface area contributed by atoms with Crippen LogP contribution >= 0.6 is 22.9 Å². The van der Waals surface area contributed by atoms with Crippen LogP contribution in [0.15, 0.2) is 49.1 Å². The second kappa shape index (κ2) is 9.47. The number of quaternary nitrogens is 1. The maximum absolute atomic E-state index is 12.4. The maximum atomic E-state index is 12.4. The van der Waals surface area contributed by atoms with Crippen molar-refractivity contribution < 1.29 is 14.4 Å². The van der Waals surface area contributed by atoms with Crippen LogP contribution in [0.25, 0.3) is 0 Å². The van der Waals surface area contributed by atoms with Gasteiger partial charge in [-0.05, 0) is 37.3 Å². The summed E-state index contributed by atoms with van der Waals surface area (Å²) in [5.41, 5.74) is 0.696. The number of hydrogen-bond donors (Lipinski definition) is 2. The van der Waals surface area contributed by atoms with Crippen LogP contribution in [0.5, 0.6) is 5.75 Å². The highest BCUT2D eigenvalue weighted by Gasteiger charge is 2.16. The zero-order valence-electron chi connectivity index (χ0n) is 13.7. The fourth-order valence-corrected chi connectivity index (χ4v) is 3.54. The van der Waals surface area contributed by atoms with E-state index in [-0.39, 0.29) is 5.91 Å². The Hall–Kier alpha value is -1.82. The predicted molar refractivity (Wildman–Crippen MR) is 100 cm³/mol. The van der Waals surface area contributed by atoms with Crippen molar-refractivity contribution in [3.63, 3.8) is 0 Å². The fourth-order valence-electron chi connectivity index (χ4n) is 2.38. The number of carbonyl (C=O) groups is 1. The lowest BCUT2D eigenvalue weighted by Crippen LogP contribution is -3.11. The van der Waals surface area contributed by atoms with Gasteiger partial charge in [0.1, 0.15) is 12.3 Å². The smallest absolute Gasteiger partial charge is 0.279 e. The number of ether oxygens (including phenoxy) is 1. The molecule has 6 heteroatoms. The van der Waals surface area contributed by atoms with Gasteiger partial charge >= 0.3 is 0 Å². The third-order valence-electron chi connectivity index (χ3n) is 3.36. The molecular weight excluding hydrogens is 344 g/mol. The second-order valence-electron chi connectivity index (χ2n) is 5.28. The van der Waals surface area contributed by atoms with E-state index in [1.165, 1.54) is 0 Å². The third kappa shape index (κ3) is 5.67. The van der Waals surface area contributed by atoms with Gasteiger partial charge in [-0.1, -0.05) is 30.3 Å². The molecule has 2 aromatic rings. The Bertz CT molecular complexity index is 687. The maximum Gasteiger partial charge on any atom is 0.279 e. The van der Waals surface area contributed by atoms with Crippen LogP contribution in [-0.4, -0.2) is 25.6 Å². The molecule has 0 saturated heterocycles. The van der Waals surface area contributed by atoms with Gasteiger partial charge in [-0.15, -0.1) is 11.3 Å². The van der Waals surface area contributed by atoms with Gasteiger partial charge in [-0.2, -0.15) is 0 Å².